The van der Waals surface area contributed by atoms with E-state index in [1.54, 1.807) is 0 Å². The van der Waals surface area contributed by atoms with Crippen molar-refractivity contribution in [3.8, 4) is 0 Å². The summed E-state index contributed by atoms with van der Waals surface area (Å²) in [6.45, 7) is 0.410. The van der Waals surface area contributed by atoms with Crippen LogP contribution < -0.4 is 5.32 Å². The van der Waals surface area contributed by atoms with Gasteiger partial charge in [-0.2, -0.15) is 0 Å². The van der Waals surface area contributed by atoms with Gasteiger partial charge in [-0.15, -0.1) is 0 Å². The van der Waals surface area contributed by atoms with Gasteiger partial charge in [-0.1, -0.05) is 0 Å². The van der Waals surface area contributed by atoms with Gasteiger partial charge in [0, 0.05) is 6.92 Å². The smallest absolute Gasteiger partial charge is 0.219 e. The average Bonchev–Trinajstić information content (AvgIpc) is 2.20. The van der Waals surface area contributed by atoms with Crippen molar-refractivity contribution in [2.75, 3.05) is 6.61 Å². The monoisotopic (exact) mass is 237 g/mol. The molecule has 6 N–H and O–H groups in total. The summed E-state index contributed by atoms with van der Waals surface area (Å²) >= 11 is 0. The van der Waals surface area contributed by atoms with Gasteiger partial charge in [0.2, 0.25) is 17.9 Å². The number of nitrogens with one attached hydrogen (secondary N) is 1. The van der Waals surface area contributed by atoms with Crippen LogP contribution in [0.1, 0.15) is 6.92 Å². The van der Waals surface area contributed by atoms with Gasteiger partial charge in [0.25, 0.3) is 0 Å². The van der Waals surface area contributed by atoms with E-state index in [0.717, 1.165) is 6.92 Å². The number of carbonyl (C=O) groups excluding carboxylic acids is 1. The van der Waals surface area contributed by atoms with E-state index in [4.69, 9.17) is 5.11 Å². The van der Waals surface area contributed by atoms with Gasteiger partial charge in [0.15, 0.2) is 0 Å². The van der Waals surface area contributed by atoms with E-state index in [2.05, 4.69) is 4.74 Å². The fraction of sp³-hybridized carbons (Fsp3) is 0.875. The SMILES string of the molecule is CC(=O)N[C@]1(O)C(O)O[C@H](CO)[C@H](O)[C@@H]1O. The van der Waals surface area contributed by atoms with Gasteiger partial charge in [0.1, 0.15) is 18.3 Å². The minimum Gasteiger partial charge on any atom is -0.394 e. The summed E-state index contributed by atoms with van der Waals surface area (Å²) in [5, 5.41) is 48.8. The topological polar surface area (TPSA) is 139 Å². The van der Waals surface area contributed by atoms with Crippen LogP contribution in [0.3, 0.4) is 0 Å². The third-order valence-electron chi connectivity index (χ3n) is 2.39. The van der Waals surface area contributed by atoms with Crippen molar-refractivity contribution in [3.05, 3.63) is 0 Å². The number of carbonyl (C=O) groups is 1. The minimum absolute atomic E-state index is 0.647. The van der Waals surface area contributed by atoms with Crippen LogP contribution in [0.4, 0.5) is 0 Å². The van der Waals surface area contributed by atoms with Crippen molar-refractivity contribution >= 4 is 5.91 Å². The van der Waals surface area contributed by atoms with Crippen LogP contribution in [-0.2, 0) is 9.53 Å². The van der Waals surface area contributed by atoms with E-state index in [1.165, 1.54) is 0 Å². The summed E-state index contributed by atoms with van der Waals surface area (Å²) in [6.07, 6.45) is -6.70. The molecular formula is C8H15NO7. The van der Waals surface area contributed by atoms with Crippen molar-refractivity contribution in [2.24, 2.45) is 0 Å². The molecule has 1 rings (SSSR count). The first-order chi connectivity index (χ1) is 7.32. The lowest BCUT2D eigenvalue weighted by molar-refractivity contribution is -0.335. The Hall–Kier alpha value is -0.770. The van der Waals surface area contributed by atoms with Crippen molar-refractivity contribution in [1.29, 1.82) is 0 Å². The summed E-state index contributed by atoms with van der Waals surface area (Å²) in [4.78, 5) is 10.8. The molecule has 1 aliphatic heterocycles. The molecule has 1 fully saturated rings. The maximum atomic E-state index is 10.8. The molecule has 1 aliphatic rings. The molecule has 0 radical (unpaired) electrons. The van der Waals surface area contributed by atoms with E-state index in [9.17, 15) is 25.2 Å². The highest BCUT2D eigenvalue weighted by Crippen LogP contribution is 2.26. The molecule has 0 spiro atoms. The van der Waals surface area contributed by atoms with Crippen LogP contribution in [0.15, 0.2) is 0 Å². The molecule has 94 valence electrons. The number of hydrogen-bond acceptors (Lipinski definition) is 7. The van der Waals surface area contributed by atoms with Crippen LogP contribution in [0.2, 0.25) is 0 Å². The quantitative estimate of drug-likeness (QED) is 0.271. The van der Waals surface area contributed by atoms with Crippen molar-refractivity contribution in [3.63, 3.8) is 0 Å². The van der Waals surface area contributed by atoms with Gasteiger partial charge in [-0.05, 0) is 0 Å². The second kappa shape index (κ2) is 4.62. The number of hydrogen-bond donors (Lipinski definition) is 6. The highest BCUT2D eigenvalue weighted by atomic mass is 16.6. The summed E-state index contributed by atoms with van der Waals surface area (Å²) in [5.74, 6) is -0.723. The fourth-order valence-electron chi connectivity index (χ4n) is 1.53. The zero-order chi connectivity index (χ0) is 12.5. The highest BCUT2D eigenvalue weighted by molar-refractivity contribution is 5.73. The first kappa shape index (κ1) is 13.3. The Kier molecular flexibility index (Phi) is 3.84. The summed E-state index contributed by atoms with van der Waals surface area (Å²) in [7, 11) is 0. The van der Waals surface area contributed by atoms with E-state index in [-0.39, 0.29) is 0 Å². The predicted octanol–water partition coefficient (Wildman–Crippen LogP) is -3.76. The molecule has 0 bridgehead atoms. The van der Waals surface area contributed by atoms with E-state index in [1.807, 2.05) is 5.32 Å². The second-order valence-electron chi connectivity index (χ2n) is 3.65. The molecule has 0 saturated carbocycles. The third kappa shape index (κ3) is 2.17. The largest absolute Gasteiger partial charge is 0.394 e. The Labute approximate surface area is 91.1 Å². The Morgan fingerprint density at radius 1 is 1.44 bits per heavy atom. The number of ether oxygens (including phenoxy) is 1. The molecule has 8 nitrogen and oxygen atoms in total. The molecule has 0 aromatic rings. The van der Waals surface area contributed by atoms with Crippen LogP contribution in [0.5, 0.6) is 0 Å². The number of aliphatic hydroxyl groups is 5. The molecule has 8 heteroatoms. The van der Waals surface area contributed by atoms with E-state index < -0.39 is 42.8 Å². The Bertz CT molecular complexity index is 273. The normalized spacial score (nSPS) is 44.1. The summed E-state index contributed by atoms with van der Waals surface area (Å²) in [6, 6.07) is 0. The molecule has 1 saturated heterocycles. The highest BCUT2D eigenvalue weighted by Gasteiger charge is 2.55. The van der Waals surface area contributed by atoms with Crippen LogP contribution in [-0.4, -0.2) is 68.4 Å². The second-order valence-corrected chi connectivity index (χ2v) is 3.65. The molecule has 1 unspecified atom stereocenters. The van der Waals surface area contributed by atoms with Crippen LogP contribution in [0.25, 0.3) is 0 Å². The van der Waals surface area contributed by atoms with Gasteiger partial charge < -0.3 is 35.6 Å². The van der Waals surface area contributed by atoms with Gasteiger partial charge in [0.05, 0.1) is 6.61 Å². The molecule has 5 atom stereocenters. The number of amides is 1. The third-order valence-corrected chi connectivity index (χ3v) is 2.39. The fourth-order valence-corrected chi connectivity index (χ4v) is 1.53. The van der Waals surface area contributed by atoms with Crippen LogP contribution >= 0.6 is 0 Å². The Balaban J connectivity index is 2.90. The minimum atomic E-state index is -2.50. The molecular weight excluding hydrogens is 222 g/mol. The van der Waals surface area contributed by atoms with Crippen molar-refractivity contribution in [1.82, 2.24) is 5.32 Å². The molecule has 0 aliphatic carbocycles. The zero-order valence-corrected chi connectivity index (χ0v) is 8.57. The predicted molar refractivity (Wildman–Crippen MR) is 48.7 cm³/mol. The maximum absolute atomic E-state index is 10.8. The lowest BCUT2D eigenvalue weighted by Crippen LogP contribution is -2.73. The lowest BCUT2D eigenvalue weighted by atomic mass is 9.93. The van der Waals surface area contributed by atoms with E-state index in [0.29, 0.717) is 0 Å². The van der Waals surface area contributed by atoms with Crippen molar-refractivity contribution < 1.29 is 35.1 Å². The molecule has 0 aromatic carbocycles. The van der Waals surface area contributed by atoms with Gasteiger partial charge in [-0.3, -0.25) is 4.79 Å². The van der Waals surface area contributed by atoms with Gasteiger partial charge >= 0.3 is 0 Å². The summed E-state index contributed by atoms with van der Waals surface area (Å²) < 4.78 is 4.67. The lowest BCUT2D eigenvalue weighted by Gasteiger charge is -2.45. The maximum Gasteiger partial charge on any atom is 0.219 e. The van der Waals surface area contributed by atoms with Crippen LogP contribution in [0, 0.1) is 0 Å². The molecule has 16 heavy (non-hydrogen) atoms. The molecule has 0 aromatic heterocycles. The van der Waals surface area contributed by atoms with Gasteiger partial charge in [-0.25, -0.2) is 0 Å². The van der Waals surface area contributed by atoms with Crippen molar-refractivity contribution in [2.45, 2.75) is 37.3 Å². The summed E-state index contributed by atoms with van der Waals surface area (Å²) in [5.41, 5.74) is -2.50. The first-order valence-electron chi connectivity index (χ1n) is 4.64. The average molecular weight is 237 g/mol. The van der Waals surface area contributed by atoms with E-state index >= 15 is 0 Å². The number of aliphatic hydroxyl groups excluding tert-OH is 4. The Morgan fingerprint density at radius 2 is 2.00 bits per heavy atom. The number of rotatable bonds is 2. The molecule has 1 heterocycles. The zero-order valence-electron chi connectivity index (χ0n) is 8.57. The first-order valence-corrected chi connectivity index (χ1v) is 4.64. The Morgan fingerprint density at radius 3 is 2.44 bits per heavy atom. The molecule has 1 amide bonds. The standard InChI is InChI=1S/C8H15NO7/c1-3(11)9-8(15)6(13)5(12)4(2-10)16-7(8)14/h4-7,10,12-15H,2H2,1H3,(H,9,11)/t4-,5+,6+,7?,8-/m1/s1.